The predicted octanol–water partition coefficient (Wildman–Crippen LogP) is 2.90. The van der Waals surface area contributed by atoms with Gasteiger partial charge in [0.1, 0.15) is 5.82 Å². The molecule has 2 heterocycles. The first-order chi connectivity index (χ1) is 10.1. The molecule has 0 saturated carbocycles. The van der Waals surface area contributed by atoms with Crippen molar-refractivity contribution in [2.75, 3.05) is 37.8 Å². The van der Waals surface area contributed by atoms with Crippen LogP contribution in [0.1, 0.15) is 36.5 Å². The van der Waals surface area contributed by atoms with Gasteiger partial charge in [-0.2, -0.15) is 11.8 Å². The molecule has 1 fully saturated rings. The average molecular weight is 307 g/mol. The molecule has 21 heavy (non-hydrogen) atoms. The Hall–Kier alpha value is -1.23. The molecule has 1 aromatic heterocycles. The van der Waals surface area contributed by atoms with Crippen molar-refractivity contribution in [3.05, 3.63) is 23.9 Å². The highest BCUT2D eigenvalue weighted by Gasteiger charge is 2.25. The molecular formula is C16H25N3OS. The number of anilines is 1. The minimum absolute atomic E-state index is 0.121. The summed E-state index contributed by atoms with van der Waals surface area (Å²) in [6.07, 6.45) is 5.28. The second kappa shape index (κ2) is 7.69. The first-order valence-electron chi connectivity index (χ1n) is 7.66. The average Bonchev–Trinajstić information content (AvgIpc) is 2.72. The summed E-state index contributed by atoms with van der Waals surface area (Å²) >= 11 is 1.97. The van der Waals surface area contributed by atoms with E-state index in [2.05, 4.69) is 11.9 Å². The van der Waals surface area contributed by atoms with Gasteiger partial charge in [0, 0.05) is 38.6 Å². The van der Waals surface area contributed by atoms with Crippen molar-refractivity contribution in [1.29, 1.82) is 0 Å². The molecule has 0 aliphatic carbocycles. The van der Waals surface area contributed by atoms with Gasteiger partial charge in [0.05, 0.1) is 5.56 Å². The fraction of sp³-hybridized carbons (Fsp3) is 0.625. The predicted molar refractivity (Wildman–Crippen MR) is 90.2 cm³/mol. The summed E-state index contributed by atoms with van der Waals surface area (Å²) in [5.74, 6) is 1.99. The zero-order valence-corrected chi connectivity index (χ0v) is 14.0. The van der Waals surface area contributed by atoms with Gasteiger partial charge in [0.2, 0.25) is 0 Å². The molecule has 2 rings (SSSR count). The fourth-order valence-corrected chi connectivity index (χ4v) is 3.84. The number of carbonyl (C=O) groups is 1. The number of pyridine rings is 1. The molecule has 1 aromatic rings. The van der Waals surface area contributed by atoms with Crippen LogP contribution in [0.2, 0.25) is 0 Å². The molecule has 1 aliphatic heterocycles. The lowest BCUT2D eigenvalue weighted by molar-refractivity contribution is 0.0763. The van der Waals surface area contributed by atoms with Crippen molar-refractivity contribution in [3.8, 4) is 0 Å². The fourth-order valence-electron chi connectivity index (χ4n) is 2.75. The normalized spacial score (nSPS) is 19.2. The van der Waals surface area contributed by atoms with Crippen molar-refractivity contribution in [3.63, 3.8) is 0 Å². The standard InChI is InChI=1S/C16H25N3OS/c1-4-21-13-8-5-6-11-19(12-13)16(20)14-9-7-10-17-15(14)18(2)3/h7,9-10,13H,4-6,8,11-12H2,1-3H3/t13-/m0/s1. The van der Waals surface area contributed by atoms with E-state index in [1.54, 1.807) is 6.20 Å². The second-order valence-corrected chi connectivity index (χ2v) is 7.17. The number of nitrogens with zero attached hydrogens (tertiary/aromatic N) is 3. The van der Waals surface area contributed by atoms with Gasteiger partial charge in [0.15, 0.2) is 0 Å². The van der Waals surface area contributed by atoms with E-state index in [-0.39, 0.29) is 5.91 Å². The zero-order chi connectivity index (χ0) is 15.2. The Morgan fingerprint density at radius 1 is 1.48 bits per heavy atom. The Labute approximate surface area is 131 Å². The van der Waals surface area contributed by atoms with Crippen LogP contribution in [0.25, 0.3) is 0 Å². The monoisotopic (exact) mass is 307 g/mol. The molecule has 1 saturated heterocycles. The highest BCUT2D eigenvalue weighted by molar-refractivity contribution is 7.99. The third-order valence-electron chi connectivity index (χ3n) is 3.76. The Balaban J connectivity index is 2.18. The lowest BCUT2D eigenvalue weighted by atomic mass is 10.2. The van der Waals surface area contributed by atoms with Crippen LogP contribution in [-0.4, -0.2) is 54.0 Å². The maximum absolute atomic E-state index is 12.9. The summed E-state index contributed by atoms with van der Waals surface area (Å²) in [4.78, 5) is 21.1. The number of rotatable bonds is 4. The van der Waals surface area contributed by atoms with Gasteiger partial charge < -0.3 is 9.80 Å². The zero-order valence-electron chi connectivity index (χ0n) is 13.2. The molecule has 5 heteroatoms. The summed E-state index contributed by atoms with van der Waals surface area (Å²) in [5, 5.41) is 0.570. The number of thioether (sulfide) groups is 1. The number of carbonyl (C=O) groups excluding carboxylic acids is 1. The lowest BCUT2D eigenvalue weighted by Crippen LogP contribution is -2.36. The quantitative estimate of drug-likeness (QED) is 0.857. The molecule has 0 bridgehead atoms. The van der Waals surface area contributed by atoms with E-state index in [1.165, 1.54) is 12.8 Å². The van der Waals surface area contributed by atoms with E-state index in [0.29, 0.717) is 10.8 Å². The van der Waals surface area contributed by atoms with Gasteiger partial charge in [-0.25, -0.2) is 4.98 Å². The maximum Gasteiger partial charge on any atom is 0.257 e. The lowest BCUT2D eigenvalue weighted by Gasteiger charge is -2.25. The summed E-state index contributed by atoms with van der Waals surface area (Å²) in [5.41, 5.74) is 0.713. The van der Waals surface area contributed by atoms with Crippen LogP contribution < -0.4 is 4.90 Å². The molecule has 0 unspecified atom stereocenters. The summed E-state index contributed by atoms with van der Waals surface area (Å²) in [6.45, 7) is 3.91. The first-order valence-corrected chi connectivity index (χ1v) is 8.71. The van der Waals surface area contributed by atoms with E-state index in [4.69, 9.17) is 0 Å². The number of hydrogen-bond donors (Lipinski definition) is 0. The molecular weight excluding hydrogens is 282 g/mol. The van der Waals surface area contributed by atoms with E-state index >= 15 is 0 Å². The highest BCUT2D eigenvalue weighted by atomic mass is 32.2. The van der Waals surface area contributed by atoms with Gasteiger partial charge in [-0.15, -0.1) is 0 Å². The third kappa shape index (κ3) is 4.13. The molecule has 116 valence electrons. The van der Waals surface area contributed by atoms with Crippen LogP contribution in [-0.2, 0) is 0 Å². The number of amides is 1. The summed E-state index contributed by atoms with van der Waals surface area (Å²) in [6, 6.07) is 3.73. The molecule has 0 N–H and O–H groups in total. The number of likely N-dealkylation sites (tertiary alicyclic amines) is 1. The van der Waals surface area contributed by atoms with Gasteiger partial charge in [-0.1, -0.05) is 13.3 Å². The third-order valence-corrected chi connectivity index (χ3v) is 4.95. The maximum atomic E-state index is 12.9. The Kier molecular flexibility index (Phi) is 5.91. The molecule has 0 aromatic carbocycles. The van der Waals surface area contributed by atoms with Crippen LogP contribution in [0.5, 0.6) is 0 Å². The molecule has 1 atom stereocenters. The van der Waals surface area contributed by atoms with Gasteiger partial charge in [-0.05, 0) is 30.7 Å². The molecule has 1 aliphatic rings. The topological polar surface area (TPSA) is 36.4 Å². The minimum atomic E-state index is 0.121. The minimum Gasteiger partial charge on any atom is -0.362 e. The van der Waals surface area contributed by atoms with Crippen molar-refractivity contribution >= 4 is 23.5 Å². The second-order valence-electron chi connectivity index (χ2n) is 5.59. The summed E-state index contributed by atoms with van der Waals surface area (Å²) < 4.78 is 0. The van der Waals surface area contributed by atoms with Crippen molar-refractivity contribution in [2.24, 2.45) is 0 Å². The Morgan fingerprint density at radius 3 is 3.00 bits per heavy atom. The van der Waals surface area contributed by atoms with Crippen LogP contribution >= 0.6 is 11.8 Å². The van der Waals surface area contributed by atoms with Crippen molar-refractivity contribution in [1.82, 2.24) is 9.88 Å². The SMILES string of the molecule is CCS[C@H]1CCCCN(C(=O)c2cccnc2N(C)C)C1. The van der Waals surface area contributed by atoms with Crippen LogP contribution in [0.4, 0.5) is 5.82 Å². The first kappa shape index (κ1) is 16.1. The molecule has 4 nitrogen and oxygen atoms in total. The highest BCUT2D eigenvalue weighted by Crippen LogP contribution is 2.24. The summed E-state index contributed by atoms with van der Waals surface area (Å²) in [7, 11) is 3.86. The Morgan fingerprint density at radius 2 is 2.29 bits per heavy atom. The van der Waals surface area contributed by atoms with E-state index in [0.717, 1.165) is 31.1 Å². The smallest absolute Gasteiger partial charge is 0.257 e. The van der Waals surface area contributed by atoms with Gasteiger partial charge in [0.25, 0.3) is 5.91 Å². The number of hydrogen-bond acceptors (Lipinski definition) is 4. The van der Waals surface area contributed by atoms with Crippen LogP contribution in [0.3, 0.4) is 0 Å². The van der Waals surface area contributed by atoms with Gasteiger partial charge >= 0.3 is 0 Å². The number of aromatic nitrogens is 1. The molecule has 1 amide bonds. The molecule has 0 spiro atoms. The van der Waals surface area contributed by atoms with Crippen LogP contribution in [0, 0.1) is 0 Å². The van der Waals surface area contributed by atoms with Gasteiger partial charge in [-0.3, -0.25) is 4.79 Å². The van der Waals surface area contributed by atoms with E-state index in [1.807, 2.05) is 47.8 Å². The van der Waals surface area contributed by atoms with Crippen molar-refractivity contribution < 1.29 is 4.79 Å². The van der Waals surface area contributed by atoms with Crippen molar-refractivity contribution in [2.45, 2.75) is 31.4 Å². The van der Waals surface area contributed by atoms with E-state index in [9.17, 15) is 4.79 Å². The Bertz CT molecular complexity index is 478. The van der Waals surface area contributed by atoms with Crippen LogP contribution in [0.15, 0.2) is 18.3 Å². The molecule has 0 radical (unpaired) electrons. The largest absolute Gasteiger partial charge is 0.362 e. The van der Waals surface area contributed by atoms with E-state index < -0.39 is 0 Å².